The van der Waals surface area contributed by atoms with Crippen molar-refractivity contribution in [1.82, 2.24) is 0 Å². The number of amides is 1. The second kappa shape index (κ2) is 6.56. The SMILES string of the molecule is CN(C(=O)c1ccc(Br)cc1Cl)c1ccccc1C(N)=S. The van der Waals surface area contributed by atoms with Crippen molar-refractivity contribution in [1.29, 1.82) is 0 Å². The molecule has 21 heavy (non-hydrogen) atoms. The number of halogens is 2. The summed E-state index contributed by atoms with van der Waals surface area (Å²) < 4.78 is 0.815. The molecule has 0 fully saturated rings. The largest absolute Gasteiger partial charge is 0.389 e. The molecule has 0 heterocycles. The van der Waals surface area contributed by atoms with Gasteiger partial charge in [0.15, 0.2) is 0 Å². The zero-order chi connectivity index (χ0) is 15.6. The summed E-state index contributed by atoms with van der Waals surface area (Å²) in [5.41, 5.74) is 7.42. The molecule has 0 aromatic heterocycles. The number of hydrogen-bond acceptors (Lipinski definition) is 2. The molecule has 0 aliphatic rings. The topological polar surface area (TPSA) is 46.3 Å². The van der Waals surface area contributed by atoms with Crippen LogP contribution >= 0.6 is 39.7 Å². The minimum absolute atomic E-state index is 0.226. The molecule has 0 spiro atoms. The molecule has 2 aromatic rings. The van der Waals surface area contributed by atoms with E-state index in [9.17, 15) is 4.79 Å². The Hall–Kier alpha value is -1.43. The van der Waals surface area contributed by atoms with Crippen molar-refractivity contribution in [2.24, 2.45) is 5.73 Å². The summed E-state index contributed by atoms with van der Waals surface area (Å²) in [6.45, 7) is 0. The number of benzene rings is 2. The monoisotopic (exact) mass is 382 g/mol. The lowest BCUT2D eigenvalue weighted by atomic mass is 10.1. The van der Waals surface area contributed by atoms with Crippen LogP contribution in [0.4, 0.5) is 5.69 Å². The Morgan fingerprint density at radius 2 is 1.90 bits per heavy atom. The first-order chi connectivity index (χ1) is 9.91. The molecule has 6 heteroatoms. The Bertz CT molecular complexity index is 721. The van der Waals surface area contributed by atoms with Crippen LogP contribution in [0.3, 0.4) is 0 Å². The maximum Gasteiger partial charge on any atom is 0.259 e. The molecule has 0 aliphatic heterocycles. The highest BCUT2D eigenvalue weighted by Crippen LogP contribution is 2.26. The van der Waals surface area contributed by atoms with E-state index in [0.717, 1.165) is 4.47 Å². The van der Waals surface area contributed by atoms with Gasteiger partial charge in [-0.25, -0.2) is 0 Å². The highest BCUT2D eigenvalue weighted by molar-refractivity contribution is 9.10. The van der Waals surface area contributed by atoms with E-state index >= 15 is 0 Å². The van der Waals surface area contributed by atoms with Gasteiger partial charge in [0, 0.05) is 17.1 Å². The van der Waals surface area contributed by atoms with Gasteiger partial charge in [0.25, 0.3) is 5.91 Å². The Balaban J connectivity index is 2.42. The average Bonchev–Trinajstić information content (AvgIpc) is 2.45. The van der Waals surface area contributed by atoms with E-state index in [1.807, 2.05) is 12.1 Å². The summed E-state index contributed by atoms with van der Waals surface area (Å²) in [6, 6.07) is 12.3. The molecule has 1 amide bonds. The van der Waals surface area contributed by atoms with Crippen LogP contribution in [-0.4, -0.2) is 17.9 Å². The third kappa shape index (κ3) is 3.43. The molecule has 0 radical (unpaired) electrons. The van der Waals surface area contributed by atoms with Crippen molar-refractivity contribution in [3.05, 3.63) is 63.1 Å². The maximum absolute atomic E-state index is 12.6. The lowest BCUT2D eigenvalue weighted by Crippen LogP contribution is -2.29. The third-order valence-electron chi connectivity index (χ3n) is 3.00. The van der Waals surface area contributed by atoms with Crippen molar-refractivity contribution in [2.75, 3.05) is 11.9 Å². The standard InChI is InChI=1S/C15H12BrClN2OS/c1-19(13-5-3-2-4-11(13)14(18)21)15(20)10-7-6-9(16)8-12(10)17/h2-8H,1H3,(H2,18,21). The maximum atomic E-state index is 12.6. The fourth-order valence-corrected chi connectivity index (χ4v) is 2.85. The number of carbonyl (C=O) groups is 1. The van der Waals surface area contributed by atoms with Crippen LogP contribution in [0.1, 0.15) is 15.9 Å². The summed E-state index contributed by atoms with van der Waals surface area (Å²) in [6.07, 6.45) is 0. The third-order valence-corrected chi connectivity index (χ3v) is 4.02. The van der Waals surface area contributed by atoms with E-state index in [4.69, 9.17) is 29.6 Å². The van der Waals surface area contributed by atoms with Crippen LogP contribution in [0.15, 0.2) is 46.9 Å². The second-order valence-electron chi connectivity index (χ2n) is 4.37. The van der Waals surface area contributed by atoms with E-state index in [2.05, 4.69) is 15.9 Å². The predicted molar refractivity (Wildman–Crippen MR) is 94.2 cm³/mol. The number of thiocarbonyl (C=S) groups is 1. The fourth-order valence-electron chi connectivity index (χ4n) is 1.93. The van der Waals surface area contributed by atoms with Crippen LogP contribution in [0.5, 0.6) is 0 Å². The lowest BCUT2D eigenvalue weighted by Gasteiger charge is -2.21. The van der Waals surface area contributed by atoms with E-state index in [-0.39, 0.29) is 10.9 Å². The minimum atomic E-state index is -0.226. The Morgan fingerprint density at radius 1 is 1.24 bits per heavy atom. The molecule has 2 N–H and O–H groups in total. The Kier molecular flexibility index (Phi) is 4.98. The Morgan fingerprint density at radius 3 is 2.52 bits per heavy atom. The van der Waals surface area contributed by atoms with Crippen molar-refractivity contribution in [2.45, 2.75) is 0 Å². The fraction of sp³-hybridized carbons (Fsp3) is 0.0667. The van der Waals surface area contributed by atoms with Gasteiger partial charge in [-0.1, -0.05) is 51.9 Å². The van der Waals surface area contributed by atoms with Crippen molar-refractivity contribution in [3.8, 4) is 0 Å². The van der Waals surface area contributed by atoms with E-state index in [0.29, 0.717) is 21.8 Å². The summed E-state index contributed by atoms with van der Waals surface area (Å²) in [5, 5.41) is 0.383. The first kappa shape index (κ1) is 15.9. The summed E-state index contributed by atoms with van der Waals surface area (Å²) in [7, 11) is 1.66. The summed E-state index contributed by atoms with van der Waals surface area (Å²) in [5.74, 6) is -0.226. The van der Waals surface area contributed by atoms with Crippen LogP contribution in [0.2, 0.25) is 5.02 Å². The average molecular weight is 384 g/mol. The van der Waals surface area contributed by atoms with Gasteiger partial charge in [-0.2, -0.15) is 0 Å². The van der Waals surface area contributed by atoms with Gasteiger partial charge in [-0.3, -0.25) is 4.79 Å². The number of hydrogen-bond donors (Lipinski definition) is 1. The van der Waals surface area contributed by atoms with Crippen molar-refractivity contribution in [3.63, 3.8) is 0 Å². The first-order valence-corrected chi connectivity index (χ1v) is 7.61. The van der Waals surface area contributed by atoms with Gasteiger partial charge >= 0.3 is 0 Å². The zero-order valence-corrected chi connectivity index (χ0v) is 14.3. The van der Waals surface area contributed by atoms with E-state index in [1.54, 1.807) is 37.4 Å². The molecule has 0 bridgehead atoms. The number of carbonyl (C=O) groups excluding carboxylic acids is 1. The van der Waals surface area contributed by atoms with Crippen molar-refractivity contribution >= 4 is 56.3 Å². The summed E-state index contributed by atoms with van der Waals surface area (Å²) >= 11 is 14.5. The highest BCUT2D eigenvalue weighted by Gasteiger charge is 2.19. The van der Waals surface area contributed by atoms with Gasteiger partial charge in [0.2, 0.25) is 0 Å². The molecule has 2 aromatic carbocycles. The van der Waals surface area contributed by atoms with Crippen LogP contribution in [-0.2, 0) is 0 Å². The molecule has 0 unspecified atom stereocenters. The molecule has 0 saturated heterocycles. The minimum Gasteiger partial charge on any atom is -0.389 e. The smallest absolute Gasteiger partial charge is 0.259 e. The molecule has 108 valence electrons. The number of para-hydroxylation sites is 1. The van der Waals surface area contributed by atoms with Gasteiger partial charge in [0.05, 0.1) is 16.3 Å². The van der Waals surface area contributed by atoms with Gasteiger partial charge in [-0.15, -0.1) is 0 Å². The molecule has 3 nitrogen and oxygen atoms in total. The highest BCUT2D eigenvalue weighted by atomic mass is 79.9. The van der Waals surface area contributed by atoms with Crippen molar-refractivity contribution < 1.29 is 4.79 Å². The molecule has 0 atom stereocenters. The molecule has 2 rings (SSSR count). The van der Waals surface area contributed by atoms with Gasteiger partial charge in [-0.05, 0) is 30.3 Å². The summed E-state index contributed by atoms with van der Waals surface area (Å²) in [4.78, 5) is 14.3. The number of nitrogens with two attached hydrogens (primary N) is 1. The predicted octanol–water partition coefficient (Wildman–Crippen LogP) is 4.01. The molecular weight excluding hydrogens is 372 g/mol. The van der Waals surface area contributed by atoms with Gasteiger partial charge in [0.1, 0.15) is 4.99 Å². The normalized spacial score (nSPS) is 10.2. The molecule has 0 aliphatic carbocycles. The van der Waals surface area contributed by atoms with E-state index < -0.39 is 0 Å². The molecular formula is C15H12BrClN2OS. The van der Waals surface area contributed by atoms with E-state index in [1.165, 1.54) is 4.90 Å². The van der Waals surface area contributed by atoms with Crippen LogP contribution < -0.4 is 10.6 Å². The quantitative estimate of drug-likeness (QED) is 0.815. The zero-order valence-electron chi connectivity index (χ0n) is 11.1. The number of nitrogens with zero attached hydrogens (tertiary/aromatic N) is 1. The van der Waals surface area contributed by atoms with Crippen LogP contribution in [0, 0.1) is 0 Å². The van der Waals surface area contributed by atoms with Gasteiger partial charge < -0.3 is 10.6 Å². The second-order valence-corrected chi connectivity index (χ2v) is 6.13. The number of anilines is 1. The molecule has 0 saturated carbocycles. The van der Waals surface area contributed by atoms with Crippen LogP contribution in [0.25, 0.3) is 0 Å². The number of rotatable bonds is 3. The lowest BCUT2D eigenvalue weighted by molar-refractivity contribution is 0.0993. The first-order valence-electron chi connectivity index (χ1n) is 6.03. The Labute approximate surface area is 141 Å².